The van der Waals surface area contributed by atoms with Crippen LogP contribution in [0.4, 0.5) is 5.69 Å². The molecule has 0 aliphatic heterocycles. The van der Waals surface area contributed by atoms with Crippen molar-refractivity contribution in [3.8, 4) is 0 Å². The summed E-state index contributed by atoms with van der Waals surface area (Å²) in [5.74, 6) is -0.174. The van der Waals surface area contributed by atoms with Crippen molar-refractivity contribution in [1.82, 2.24) is 0 Å². The van der Waals surface area contributed by atoms with Crippen LogP contribution in [-0.4, -0.2) is 27.2 Å². The number of methoxy groups -OCH3 is 1. The molecule has 0 bridgehead atoms. The van der Waals surface area contributed by atoms with E-state index in [1.807, 2.05) is 14.1 Å². The molecular weight excluding hydrogens is 226 g/mol. The Kier molecular flexibility index (Phi) is 3.41. The molecule has 96 valence electrons. The molecule has 3 heteroatoms. The Morgan fingerprint density at radius 2 is 2.11 bits per heavy atom. The van der Waals surface area contributed by atoms with Gasteiger partial charge in [-0.15, -0.1) is 0 Å². The van der Waals surface area contributed by atoms with Crippen molar-refractivity contribution < 1.29 is 9.53 Å². The number of hydrogen-bond donors (Lipinski definition) is 0. The van der Waals surface area contributed by atoms with Crippen LogP contribution in [0.1, 0.15) is 24.5 Å². The van der Waals surface area contributed by atoms with Crippen LogP contribution >= 0.6 is 0 Å². The Morgan fingerprint density at radius 3 is 2.72 bits per heavy atom. The molecule has 0 amide bonds. The number of allylic oxidation sites excluding steroid dienone is 1. The maximum atomic E-state index is 11.5. The molecule has 0 radical (unpaired) electrons. The first-order valence-corrected chi connectivity index (χ1v) is 6.09. The van der Waals surface area contributed by atoms with Gasteiger partial charge in [0.15, 0.2) is 0 Å². The lowest BCUT2D eigenvalue weighted by Crippen LogP contribution is -2.09. The molecule has 0 spiro atoms. The molecule has 3 nitrogen and oxygen atoms in total. The van der Waals surface area contributed by atoms with E-state index in [4.69, 9.17) is 4.74 Å². The molecule has 0 unspecified atom stereocenters. The first-order chi connectivity index (χ1) is 8.52. The third-order valence-electron chi connectivity index (χ3n) is 3.45. The minimum Gasteiger partial charge on any atom is -0.469 e. The lowest BCUT2D eigenvalue weighted by molar-refractivity contribution is -0.139. The summed E-state index contributed by atoms with van der Waals surface area (Å²) >= 11 is 0. The maximum Gasteiger partial charge on any atom is 0.309 e. The number of rotatable bonds is 3. The van der Waals surface area contributed by atoms with E-state index < -0.39 is 0 Å². The van der Waals surface area contributed by atoms with Gasteiger partial charge in [-0.2, -0.15) is 0 Å². The standard InChI is InChI=1S/C15H19NO2/c1-10-7-11-5-6-12(16(2)3)8-14(11)13(10)9-15(17)18-4/h5-6,8H,7,9H2,1-4H3. The largest absolute Gasteiger partial charge is 0.469 e. The van der Waals surface area contributed by atoms with Gasteiger partial charge in [-0.25, -0.2) is 0 Å². The van der Waals surface area contributed by atoms with Crippen LogP contribution in [0.2, 0.25) is 0 Å². The Balaban J connectivity index is 2.37. The third kappa shape index (κ3) is 2.26. The molecule has 0 fully saturated rings. The van der Waals surface area contributed by atoms with Crippen molar-refractivity contribution >= 4 is 17.2 Å². The number of nitrogens with zero attached hydrogens (tertiary/aromatic N) is 1. The van der Waals surface area contributed by atoms with E-state index >= 15 is 0 Å². The summed E-state index contributed by atoms with van der Waals surface area (Å²) < 4.78 is 4.77. The second-order valence-electron chi connectivity index (χ2n) is 4.92. The minimum absolute atomic E-state index is 0.174. The zero-order valence-corrected chi connectivity index (χ0v) is 11.4. The Hall–Kier alpha value is -1.77. The summed E-state index contributed by atoms with van der Waals surface area (Å²) in [6, 6.07) is 6.43. The van der Waals surface area contributed by atoms with Crippen LogP contribution < -0.4 is 4.90 Å². The van der Waals surface area contributed by atoms with E-state index in [9.17, 15) is 4.79 Å². The highest BCUT2D eigenvalue weighted by molar-refractivity contribution is 5.90. The molecule has 2 rings (SSSR count). The molecule has 0 N–H and O–H groups in total. The molecule has 0 atom stereocenters. The highest BCUT2D eigenvalue weighted by Gasteiger charge is 2.21. The maximum absolute atomic E-state index is 11.5. The number of carbonyl (C=O) groups is 1. The van der Waals surface area contributed by atoms with E-state index in [0.717, 1.165) is 17.7 Å². The summed E-state index contributed by atoms with van der Waals surface area (Å²) in [5.41, 5.74) is 6.05. The fourth-order valence-electron chi connectivity index (χ4n) is 2.36. The molecule has 1 aromatic carbocycles. The molecule has 0 aromatic heterocycles. The lowest BCUT2D eigenvalue weighted by Gasteiger charge is -2.15. The zero-order chi connectivity index (χ0) is 13.3. The molecule has 0 heterocycles. The highest BCUT2D eigenvalue weighted by Crippen LogP contribution is 2.36. The van der Waals surface area contributed by atoms with E-state index in [1.54, 1.807) is 0 Å². The van der Waals surface area contributed by atoms with E-state index in [-0.39, 0.29) is 5.97 Å². The first kappa shape index (κ1) is 12.7. The van der Waals surface area contributed by atoms with Crippen LogP contribution in [0.3, 0.4) is 0 Å². The summed E-state index contributed by atoms with van der Waals surface area (Å²) in [6.07, 6.45) is 1.31. The summed E-state index contributed by atoms with van der Waals surface area (Å²) in [4.78, 5) is 13.5. The highest BCUT2D eigenvalue weighted by atomic mass is 16.5. The third-order valence-corrected chi connectivity index (χ3v) is 3.45. The quantitative estimate of drug-likeness (QED) is 0.767. The summed E-state index contributed by atoms with van der Waals surface area (Å²) in [7, 11) is 5.48. The van der Waals surface area contributed by atoms with Crippen LogP contribution in [0.15, 0.2) is 23.8 Å². The van der Waals surface area contributed by atoms with Crippen molar-refractivity contribution in [2.45, 2.75) is 19.8 Å². The molecule has 0 saturated carbocycles. The molecule has 1 aromatic rings. The zero-order valence-electron chi connectivity index (χ0n) is 11.4. The predicted molar refractivity (Wildman–Crippen MR) is 73.7 cm³/mol. The Morgan fingerprint density at radius 1 is 1.39 bits per heavy atom. The average molecular weight is 245 g/mol. The molecule has 18 heavy (non-hydrogen) atoms. The van der Waals surface area contributed by atoms with E-state index in [1.165, 1.54) is 23.8 Å². The Bertz CT molecular complexity index is 515. The van der Waals surface area contributed by atoms with Crippen LogP contribution in [0, 0.1) is 0 Å². The number of hydrogen-bond acceptors (Lipinski definition) is 3. The monoisotopic (exact) mass is 245 g/mol. The fraction of sp³-hybridized carbons (Fsp3) is 0.400. The molecule has 1 aliphatic rings. The topological polar surface area (TPSA) is 29.5 Å². The minimum atomic E-state index is -0.174. The van der Waals surface area contributed by atoms with Gasteiger partial charge in [-0.05, 0) is 42.2 Å². The van der Waals surface area contributed by atoms with Crippen molar-refractivity contribution in [2.75, 3.05) is 26.1 Å². The van der Waals surface area contributed by atoms with E-state index in [0.29, 0.717) is 6.42 Å². The van der Waals surface area contributed by atoms with Crippen molar-refractivity contribution in [3.05, 3.63) is 34.9 Å². The number of fused-ring (bicyclic) bond motifs is 1. The van der Waals surface area contributed by atoms with Gasteiger partial charge < -0.3 is 9.64 Å². The normalized spacial score (nSPS) is 13.6. The van der Waals surface area contributed by atoms with Crippen LogP contribution in [0.5, 0.6) is 0 Å². The second-order valence-corrected chi connectivity index (χ2v) is 4.92. The summed E-state index contributed by atoms with van der Waals surface area (Å²) in [6.45, 7) is 2.09. The SMILES string of the molecule is COC(=O)CC1=C(C)Cc2ccc(N(C)C)cc21. The molecular formula is C15H19NO2. The van der Waals surface area contributed by atoms with Crippen molar-refractivity contribution in [2.24, 2.45) is 0 Å². The van der Waals surface area contributed by atoms with Gasteiger partial charge in [0.25, 0.3) is 0 Å². The average Bonchev–Trinajstić information content (AvgIpc) is 2.65. The number of carbonyl (C=O) groups excluding carboxylic acids is 1. The smallest absolute Gasteiger partial charge is 0.309 e. The van der Waals surface area contributed by atoms with Gasteiger partial charge in [0, 0.05) is 19.8 Å². The van der Waals surface area contributed by atoms with Crippen molar-refractivity contribution in [1.29, 1.82) is 0 Å². The number of esters is 1. The van der Waals surface area contributed by atoms with Gasteiger partial charge >= 0.3 is 5.97 Å². The van der Waals surface area contributed by atoms with Gasteiger partial charge in [-0.3, -0.25) is 4.79 Å². The van der Waals surface area contributed by atoms with Crippen molar-refractivity contribution in [3.63, 3.8) is 0 Å². The fourth-order valence-corrected chi connectivity index (χ4v) is 2.36. The van der Waals surface area contributed by atoms with Crippen LogP contribution in [-0.2, 0) is 16.0 Å². The second kappa shape index (κ2) is 4.84. The van der Waals surface area contributed by atoms with Gasteiger partial charge in [0.2, 0.25) is 0 Å². The lowest BCUT2D eigenvalue weighted by atomic mass is 10.0. The van der Waals surface area contributed by atoms with Crippen LogP contribution in [0.25, 0.3) is 5.57 Å². The number of ether oxygens (including phenoxy) is 1. The number of anilines is 1. The number of benzene rings is 1. The predicted octanol–water partition coefficient (Wildman–Crippen LogP) is 2.65. The molecule has 0 saturated heterocycles. The first-order valence-electron chi connectivity index (χ1n) is 6.09. The summed E-state index contributed by atoms with van der Waals surface area (Å²) in [5, 5.41) is 0. The van der Waals surface area contributed by atoms with E-state index in [2.05, 4.69) is 30.0 Å². The van der Waals surface area contributed by atoms with Gasteiger partial charge in [-0.1, -0.05) is 11.6 Å². The van der Waals surface area contributed by atoms with Gasteiger partial charge in [0.1, 0.15) is 0 Å². The van der Waals surface area contributed by atoms with Gasteiger partial charge in [0.05, 0.1) is 13.5 Å². The Labute approximate surface area is 108 Å². The molecule has 1 aliphatic carbocycles.